The number of hydrogen-bond donors (Lipinski definition) is 2. The van der Waals surface area contributed by atoms with Crippen LogP contribution in [0.3, 0.4) is 0 Å². The second-order valence-electron chi connectivity index (χ2n) is 6.20. The highest BCUT2D eigenvalue weighted by atomic mass is 32.2. The topological polar surface area (TPSA) is 135 Å². The Morgan fingerprint density at radius 1 is 1.31 bits per heavy atom. The van der Waals surface area contributed by atoms with Crippen molar-refractivity contribution in [2.75, 3.05) is 13.1 Å². The fourth-order valence-electron chi connectivity index (χ4n) is 2.63. The number of rotatable bonds is 7. The minimum atomic E-state index is -3.90. The van der Waals surface area contributed by atoms with Crippen molar-refractivity contribution < 1.29 is 32.0 Å². The smallest absolute Gasteiger partial charge is 0.338 e. The minimum Gasteiger partial charge on any atom is -0.468 e. The van der Waals surface area contributed by atoms with Crippen LogP contribution < -0.4 is 10.0 Å². The lowest BCUT2D eigenvalue weighted by atomic mass is 10.2. The first-order chi connectivity index (χ1) is 13.8. The van der Waals surface area contributed by atoms with Crippen LogP contribution in [0.2, 0.25) is 0 Å². The van der Waals surface area contributed by atoms with Crippen LogP contribution in [0.15, 0.2) is 52.0 Å². The summed E-state index contributed by atoms with van der Waals surface area (Å²) in [4.78, 5) is 36.9. The summed E-state index contributed by atoms with van der Waals surface area (Å²) < 4.78 is 37.4. The number of hydrogen-bond acceptors (Lipinski definition) is 7. The number of carbonyl (C=O) groups excluding carboxylic acids is 3. The molecule has 1 saturated heterocycles. The molecule has 29 heavy (non-hydrogen) atoms. The number of furan rings is 1. The molecule has 1 aromatic carbocycles. The van der Waals surface area contributed by atoms with Crippen LogP contribution in [0.4, 0.5) is 4.79 Å². The van der Waals surface area contributed by atoms with Crippen LogP contribution in [0.25, 0.3) is 0 Å². The molecule has 0 bridgehead atoms. The van der Waals surface area contributed by atoms with Crippen LogP contribution >= 0.6 is 0 Å². The quantitative estimate of drug-likeness (QED) is 0.633. The van der Waals surface area contributed by atoms with Gasteiger partial charge in [0.2, 0.25) is 10.0 Å². The van der Waals surface area contributed by atoms with E-state index in [1.165, 1.54) is 31.4 Å². The van der Waals surface area contributed by atoms with Gasteiger partial charge in [-0.2, -0.15) is 0 Å². The molecule has 2 N–H and O–H groups in total. The Balaban J connectivity index is 1.67. The minimum absolute atomic E-state index is 0.0450. The second-order valence-corrected chi connectivity index (χ2v) is 7.97. The zero-order chi connectivity index (χ0) is 21.0. The Bertz CT molecular complexity index is 1020. The first-order valence-corrected chi connectivity index (χ1v) is 10.2. The highest BCUT2D eigenvalue weighted by Gasteiger charge is 2.32. The summed E-state index contributed by atoms with van der Waals surface area (Å²) in [5, 5.41) is 2.48. The first kappa shape index (κ1) is 20.6. The average molecular weight is 421 g/mol. The summed E-state index contributed by atoms with van der Waals surface area (Å²) in [5.74, 6) is -1.10. The van der Waals surface area contributed by atoms with Crippen molar-refractivity contribution in [2.24, 2.45) is 0 Å². The van der Waals surface area contributed by atoms with E-state index in [2.05, 4.69) is 10.0 Å². The Morgan fingerprint density at radius 2 is 2.10 bits per heavy atom. The Kier molecular flexibility index (Phi) is 5.99. The maximum absolute atomic E-state index is 12.4. The van der Waals surface area contributed by atoms with Crippen molar-refractivity contribution in [3.05, 3.63) is 54.0 Å². The van der Waals surface area contributed by atoms with Gasteiger partial charge in [-0.15, -0.1) is 0 Å². The monoisotopic (exact) mass is 421 g/mol. The Morgan fingerprint density at radius 3 is 2.76 bits per heavy atom. The number of nitrogens with zero attached hydrogens (tertiary/aromatic N) is 1. The standard InChI is InChI=1S/C18H19N3O7S/c1-12(16(22)21-8-7-19-18(21)24)28-17(23)13-4-2-6-15(10-13)29(25,26)20-11-14-5-3-9-27-14/h2-6,9-10,12,20H,7-8,11H2,1H3,(H,19,24). The third-order valence-electron chi connectivity index (χ3n) is 4.15. The third-order valence-corrected chi connectivity index (χ3v) is 5.55. The Labute approximate surface area is 166 Å². The molecule has 1 aliphatic rings. The van der Waals surface area contributed by atoms with Crippen molar-refractivity contribution in [1.82, 2.24) is 14.9 Å². The van der Waals surface area contributed by atoms with Gasteiger partial charge in [0.05, 0.1) is 23.3 Å². The lowest BCUT2D eigenvalue weighted by Gasteiger charge is -2.18. The molecule has 1 atom stereocenters. The molecule has 2 aromatic rings. The van der Waals surface area contributed by atoms with Gasteiger partial charge in [0.25, 0.3) is 5.91 Å². The number of nitrogens with one attached hydrogen (secondary N) is 2. The number of benzene rings is 1. The zero-order valence-corrected chi connectivity index (χ0v) is 16.3. The molecule has 10 nitrogen and oxygen atoms in total. The van der Waals surface area contributed by atoms with E-state index >= 15 is 0 Å². The summed E-state index contributed by atoms with van der Waals surface area (Å²) in [7, 11) is -3.90. The Hall–Kier alpha value is -3.18. The van der Waals surface area contributed by atoms with Gasteiger partial charge in [0.15, 0.2) is 6.10 Å². The number of imide groups is 1. The van der Waals surface area contributed by atoms with Gasteiger partial charge in [-0.05, 0) is 37.3 Å². The molecule has 1 aliphatic heterocycles. The lowest BCUT2D eigenvalue weighted by Crippen LogP contribution is -2.41. The molecule has 0 aliphatic carbocycles. The largest absolute Gasteiger partial charge is 0.468 e. The van der Waals surface area contributed by atoms with E-state index in [9.17, 15) is 22.8 Å². The fourth-order valence-corrected chi connectivity index (χ4v) is 3.67. The van der Waals surface area contributed by atoms with Crippen LogP contribution in [0, 0.1) is 0 Å². The van der Waals surface area contributed by atoms with Crippen molar-refractivity contribution in [3.8, 4) is 0 Å². The van der Waals surface area contributed by atoms with Gasteiger partial charge >= 0.3 is 12.0 Å². The molecule has 0 saturated carbocycles. The lowest BCUT2D eigenvalue weighted by molar-refractivity contribution is -0.136. The van der Waals surface area contributed by atoms with Crippen molar-refractivity contribution in [3.63, 3.8) is 0 Å². The van der Waals surface area contributed by atoms with E-state index in [4.69, 9.17) is 9.15 Å². The molecule has 2 heterocycles. The fraction of sp³-hybridized carbons (Fsp3) is 0.278. The summed E-state index contributed by atoms with van der Waals surface area (Å²) in [6.07, 6.45) is 0.220. The van der Waals surface area contributed by atoms with Crippen LogP contribution in [0.1, 0.15) is 23.0 Å². The number of carbonyl (C=O) groups is 3. The highest BCUT2D eigenvalue weighted by Crippen LogP contribution is 2.15. The predicted molar refractivity (Wildman–Crippen MR) is 99.2 cm³/mol. The predicted octanol–water partition coefficient (Wildman–Crippen LogP) is 0.855. The molecule has 1 unspecified atom stereocenters. The normalized spacial score (nSPS) is 15.1. The van der Waals surface area contributed by atoms with Gasteiger partial charge in [0.1, 0.15) is 5.76 Å². The van der Waals surface area contributed by atoms with Gasteiger partial charge in [0, 0.05) is 13.1 Å². The maximum atomic E-state index is 12.4. The highest BCUT2D eigenvalue weighted by molar-refractivity contribution is 7.89. The van der Waals surface area contributed by atoms with Gasteiger partial charge in [-0.1, -0.05) is 6.07 Å². The number of ether oxygens (including phenoxy) is 1. The van der Waals surface area contributed by atoms with Crippen LogP contribution in [-0.2, 0) is 26.1 Å². The molecule has 0 spiro atoms. The molecule has 1 aromatic heterocycles. The summed E-state index contributed by atoms with van der Waals surface area (Å²) in [5.41, 5.74) is -0.0450. The molecule has 3 amide bonds. The summed E-state index contributed by atoms with van der Waals surface area (Å²) in [6.45, 7) is 1.82. The van der Waals surface area contributed by atoms with Gasteiger partial charge in [-0.25, -0.2) is 22.7 Å². The average Bonchev–Trinajstić information content (AvgIpc) is 3.37. The van der Waals surface area contributed by atoms with Crippen LogP contribution in [-0.4, -0.2) is 50.4 Å². The molecular formula is C18H19N3O7S. The molecular weight excluding hydrogens is 402 g/mol. The number of sulfonamides is 1. The maximum Gasteiger partial charge on any atom is 0.338 e. The first-order valence-electron chi connectivity index (χ1n) is 8.70. The number of esters is 1. The van der Waals surface area contributed by atoms with E-state index < -0.39 is 34.0 Å². The molecule has 3 rings (SSSR count). The zero-order valence-electron chi connectivity index (χ0n) is 15.5. The molecule has 11 heteroatoms. The SMILES string of the molecule is CC(OC(=O)c1cccc(S(=O)(=O)NCc2ccco2)c1)C(=O)N1CCNC1=O. The second kappa shape index (κ2) is 8.45. The third kappa shape index (κ3) is 4.81. The van der Waals surface area contributed by atoms with Crippen molar-refractivity contribution >= 4 is 27.9 Å². The van der Waals surface area contributed by atoms with E-state index in [0.717, 1.165) is 11.0 Å². The summed E-state index contributed by atoms with van der Waals surface area (Å²) in [6, 6.07) is 7.93. The number of amides is 3. The van der Waals surface area contributed by atoms with E-state index in [-0.39, 0.29) is 23.5 Å². The molecule has 0 radical (unpaired) electrons. The molecule has 154 valence electrons. The van der Waals surface area contributed by atoms with Crippen LogP contribution in [0.5, 0.6) is 0 Å². The van der Waals surface area contributed by atoms with Crippen molar-refractivity contribution in [2.45, 2.75) is 24.5 Å². The summed E-state index contributed by atoms with van der Waals surface area (Å²) >= 11 is 0. The molecule has 1 fully saturated rings. The van der Waals surface area contributed by atoms with E-state index in [1.807, 2.05) is 0 Å². The van der Waals surface area contributed by atoms with E-state index in [1.54, 1.807) is 12.1 Å². The number of urea groups is 1. The van der Waals surface area contributed by atoms with Crippen molar-refractivity contribution in [1.29, 1.82) is 0 Å². The van der Waals surface area contributed by atoms with E-state index in [0.29, 0.717) is 12.3 Å². The van der Waals surface area contributed by atoms with Gasteiger partial charge in [-0.3, -0.25) is 9.69 Å². The van der Waals surface area contributed by atoms with Gasteiger partial charge < -0.3 is 14.5 Å².